The molecule has 0 aliphatic carbocycles. The zero-order valence-corrected chi connectivity index (χ0v) is 10.3. The number of benzene rings is 1. The first kappa shape index (κ1) is 12.4. The molecule has 2 unspecified atom stereocenters. The highest BCUT2D eigenvalue weighted by molar-refractivity contribution is 5.34. The second-order valence-corrected chi connectivity index (χ2v) is 4.47. The van der Waals surface area contributed by atoms with Crippen molar-refractivity contribution in [2.24, 2.45) is 0 Å². The molecule has 0 bridgehead atoms. The summed E-state index contributed by atoms with van der Waals surface area (Å²) in [6.07, 6.45) is 3.79. The molecule has 94 valence electrons. The maximum atomic E-state index is 10.2. The molecule has 0 spiro atoms. The molecular weight excluding hydrogens is 216 g/mol. The monoisotopic (exact) mass is 236 g/mol. The number of aliphatic hydroxyl groups excluding tert-OH is 1. The fourth-order valence-corrected chi connectivity index (χ4v) is 2.31. The van der Waals surface area contributed by atoms with Gasteiger partial charge in [-0.25, -0.2) is 0 Å². The van der Waals surface area contributed by atoms with Gasteiger partial charge in [0.15, 0.2) is 0 Å². The minimum Gasteiger partial charge on any atom is -0.496 e. The lowest BCUT2D eigenvalue weighted by Gasteiger charge is -2.16. The van der Waals surface area contributed by atoms with Crippen molar-refractivity contribution in [3.8, 4) is 5.75 Å². The molecule has 1 aliphatic heterocycles. The highest BCUT2D eigenvalue weighted by Gasteiger charge is 2.19. The first-order valence-corrected chi connectivity index (χ1v) is 6.24. The van der Waals surface area contributed by atoms with Crippen LogP contribution in [0.3, 0.4) is 0 Å². The average Bonchev–Trinajstić information content (AvgIpc) is 2.89. The Morgan fingerprint density at radius 3 is 3.00 bits per heavy atom. The molecule has 3 heteroatoms. The largest absolute Gasteiger partial charge is 0.496 e. The number of aliphatic hydroxyl groups is 1. The van der Waals surface area contributed by atoms with Gasteiger partial charge < -0.3 is 14.6 Å². The Bertz CT molecular complexity index is 345. The van der Waals surface area contributed by atoms with E-state index in [1.807, 2.05) is 24.3 Å². The van der Waals surface area contributed by atoms with E-state index in [1.54, 1.807) is 7.11 Å². The normalized spacial score (nSPS) is 21.4. The maximum Gasteiger partial charge on any atom is 0.124 e. The van der Waals surface area contributed by atoms with Crippen LogP contribution in [0.5, 0.6) is 5.75 Å². The van der Waals surface area contributed by atoms with E-state index in [0.29, 0.717) is 6.10 Å². The quantitative estimate of drug-likeness (QED) is 0.854. The lowest BCUT2D eigenvalue weighted by atomic mass is 10.0. The molecule has 1 aromatic carbocycles. The van der Waals surface area contributed by atoms with Gasteiger partial charge in [-0.3, -0.25) is 0 Å². The standard InChI is InChI=1S/C14H20O3/c1-16-14-7-3-2-6-12(14)13(15)9-8-11-5-4-10-17-11/h2-3,6-7,11,13,15H,4-5,8-10H2,1H3. The summed E-state index contributed by atoms with van der Waals surface area (Å²) in [6.45, 7) is 0.870. The van der Waals surface area contributed by atoms with Crippen molar-refractivity contribution in [1.82, 2.24) is 0 Å². The minimum atomic E-state index is -0.463. The molecule has 2 atom stereocenters. The SMILES string of the molecule is COc1ccccc1C(O)CCC1CCCO1. The zero-order chi connectivity index (χ0) is 12.1. The summed E-state index contributed by atoms with van der Waals surface area (Å²) in [5.41, 5.74) is 0.869. The Morgan fingerprint density at radius 1 is 1.47 bits per heavy atom. The molecule has 1 aromatic rings. The van der Waals surface area contributed by atoms with E-state index >= 15 is 0 Å². The van der Waals surface area contributed by atoms with Crippen LogP contribution in [0.25, 0.3) is 0 Å². The fraction of sp³-hybridized carbons (Fsp3) is 0.571. The van der Waals surface area contributed by atoms with Gasteiger partial charge in [-0.1, -0.05) is 18.2 Å². The third kappa shape index (κ3) is 3.20. The molecule has 1 N–H and O–H groups in total. The van der Waals surface area contributed by atoms with Gasteiger partial charge in [0.25, 0.3) is 0 Å². The maximum absolute atomic E-state index is 10.2. The fourth-order valence-electron chi connectivity index (χ4n) is 2.31. The van der Waals surface area contributed by atoms with Crippen LogP contribution in [0, 0.1) is 0 Å². The Morgan fingerprint density at radius 2 is 2.29 bits per heavy atom. The Balaban J connectivity index is 1.91. The summed E-state index contributed by atoms with van der Waals surface area (Å²) >= 11 is 0. The number of rotatable bonds is 5. The smallest absolute Gasteiger partial charge is 0.124 e. The molecule has 0 radical (unpaired) electrons. The topological polar surface area (TPSA) is 38.7 Å². The van der Waals surface area contributed by atoms with E-state index in [2.05, 4.69) is 0 Å². The summed E-state index contributed by atoms with van der Waals surface area (Å²) < 4.78 is 10.8. The second-order valence-electron chi connectivity index (χ2n) is 4.47. The van der Waals surface area contributed by atoms with Crippen LogP contribution in [0.2, 0.25) is 0 Å². The molecule has 1 saturated heterocycles. The Labute approximate surface area is 102 Å². The van der Waals surface area contributed by atoms with Crippen molar-refractivity contribution < 1.29 is 14.6 Å². The predicted octanol–water partition coefficient (Wildman–Crippen LogP) is 2.69. The number of ether oxygens (including phenoxy) is 2. The van der Waals surface area contributed by atoms with E-state index in [4.69, 9.17) is 9.47 Å². The van der Waals surface area contributed by atoms with Crippen LogP contribution in [-0.4, -0.2) is 24.9 Å². The van der Waals surface area contributed by atoms with Gasteiger partial charge in [-0.05, 0) is 31.7 Å². The summed E-state index contributed by atoms with van der Waals surface area (Å²) in [4.78, 5) is 0. The van der Waals surface area contributed by atoms with Gasteiger partial charge in [0.1, 0.15) is 5.75 Å². The number of hydrogen-bond acceptors (Lipinski definition) is 3. The minimum absolute atomic E-state index is 0.333. The first-order valence-electron chi connectivity index (χ1n) is 6.24. The van der Waals surface area contributed by atoms with Crippen LogP contribution < -0.4 is 4.74 Å². The Hall–Kier alpha value is -1.06. The zero-order valence-electron chi connectivity index (χ0n) is 10.3. The molecule has 0 saturated carbocycles. The summed E-state index contributed by atoms with van der Waals surface area (Å²) in [5, 5.41) is 10.2. The molecule has 3 nitrogen and oxygen atoms in total. The molecule has 1 fully saturated rings. The molecule has 1 heterocycles. The average molecular weight is 236 g/mol. The van der Waals surface area contributed by atoms with Crippen molar-refractivity contribution in [3.05, 3.63) is 29.8 Å². The third-order valence-corrected chi connectivity index (χ3v) is 3.28. The lowest BCUT2D eigenvalue weighted by molar-refractivity contribution is 0.0805. The van der Waals surface area contributed by atoms with Crippen LogP contribution in [-0.2, 0) is 4.74 Å². The summed E-state index contributed by atoms with van der Waals surface area (Å²) in [7, 11) is 1.63. The van der Waals surface area contributed by atoms with Crippen molar-refractivity contribution in [1.29, 1.82) is 0 Å². The van der Waals surface area contributed by atoms with Gasteiger partial charge in [0, 0.05) is 12.2 Å². The molecule has 1 aliphatic rings. The van der Waals surface area contributed by atoms with Crippen LogP contribution in [0.15, 0.2) is 24.3 Å². The number of methoxy groups -OCH3 is 1. The molecular formula is C14H20O3. The molecule has 17 heavy (non-hydrogen) atoms. The van der Waals surface area contributed by atoms with Crippen molar-refractivity contribution in [2.45, 2.75) is 37.9 Å². The molecule has 0 amide bonds. The summed E-state index contributed by atoms with van der Waals surface area (Å²) in [5.74, 6) is 0.757. The predicted molar refractivity (Wildman–Crippen MR) is 66.2 cm³/mol. The molecule has 2 rings (SSSR count). The molecule has 0 aromatic heterocycles. The van der Waals surface area contributed by atoms with Crippen molar-refractivity contribution >= 4 is 0 Å². The van der Waals surface area contributed by atoms with Gasteiger partial charge in [0.05, 0.1) is 19.3 Å². The number of para-hydroxylation sites is 1. The van der Waals surface area contributed by atoms with Gasteiger partial charge in [0.2, 0.25) is 0 Å². The second kappa shape index (κ2) is 6.03. The van der Waals surface area contributed by atoms with E-state index in [-0.39, 0.29) is 0 Å². The van der Waals surface area contributed by atoms with Crippen LogP contribution in [0.1, 0.15) is 37.4 Å². The van der Waals surface area contributed by atoms with Gasteiger partial charge in [-0.2, -0.15) is 0 Å². The van der Waals surface area contributed by atoms with Crippen molar-refractivity contribution in [2.75, 3.05) is 13.7 Å². The van der Waals surface area contributed by atoms with Crippen LogP contribution in [0.4, 0.5) is 0 Å². The van der Waals surface area contributed by atoms with Gasteiger partial charge in [-0.15, -0.1) is 0 Å². The van der Waals surface area contributed by atoms with Crippen LogP contribution >= 0.6 is 0 Å². The Kier molecular flexibility index (Phi) is 4.40. The number of hydrogen-bond donors (Lipinski definition) is 1. The van der Waals surface area contributed by atoms with Gasteiger partial charge >= 0.3 is 0 Å². The first-order chi connectivity index (χ1) is 8.31. The van der Waals surface area contributed by atoms with Crippen molar-refractivity contribution in [3.63, 3.8) is 0 Å². The third-order valence-electron chi connectivity index (χ3n) is 3.28. The highest BCUT2D eigenvalue weighted by Crippen LogP contribution is 2.29. The van der Waals surface area contributed by atoms with E-state index in [1.165, 1.54) is 0 Å². The van der Waals surface area contributed by atoms with E-state index in [0.717, 1.165) is 43.6 Å². The lowest BCUT2D eigenvalue weighted by Crippen LogP contribution is -2.08. The van der Waals surface area contributed by atoms with E-state index in [9.17, 15) is 5.11 Å². The highest BCUT2D eigenvalue weighted by atomic mass is 16.5. The summed E-state index contributed by atoms with van der Waals surface area (Å²) in [6, 6.07) is 7.63. The van der Waals surface area contributed by atoms with E-state index < -0.39 is 6.10 Å².